The topological polar surface area (TPSA) is 9.23 Å². The van der Waals surface area contributed by atoms with Crippen LogP contribution in [0.4, 0.5) is 0 Å². The Bertz CT molecular complexity index is 339. The van der Waals surface area contributed by atoms with E-state index in [1.807, 2.05) is 6.07 Å². The Morgan fingerprint density at radius 3 is 2.64 bits per heavy atom. The van der Waals surface area contributed by atoms with Crippen molar-refractivity contribution < 1.29 is 53.9 Å². The first-order chi connectivity index (χ1) is 5.81. The Kier molecular flexibility index (Phi) is 6.03. The number of fused-ring (bicyclic) bond motifs is 1. The molecule has 0 amide bonds. The fourth-order valence-electron chi connectivity index (χ4n) is 1.41. The second-order valence-corrected chi connectivity index (χ2v) is 5.07. The molecule has 0 heterocycles. The molecule has 14 heavy (non-hydrogen) atoms. The van der Waals surface area contributed by atoms with Crippen molar-refractivity contribution in [1.82, 2.24) is 0 Å². The predicted octanol–water partition coefficient (Wildman–Crippen LogP) is -3.68. The molecule has 1 aliphatic carbocycles. The molecule has 0 N–H and O–H groups in total. The van der Waals surface area contributed by atoms with E-state index in [-0.39, 0.29) is 24.8 Å². The van der Waals surface area contributed by atoms with E-state index in [1.54, 1.807) is 7.11 Å². The average molecular weight is 395 g/mol. The van der Waals surface area contributed by atoms with E-state index < -0.39 is 0 Å². The number of halogens is 2. The van der Waals surface area contributed by atoms with Crippen molar-refractivity contribution >= 4 is 6.08 Å². The van der Waals surface area contributed by atoms with E-state index in [0.29, 0.717) is 3.67 Å². The molecule has 2 rings (SSSR count). The summed E-state index contributed by atoms with van der Waals surface area (Å²) in [6, 6.07) is 6.31. The first kappa shape index (κ1) is 14.2. The van der Waals surface area contributed by atoms with Crippen molar-refractivity contribution in [3.05, 3.63) is 35.4 Å². The summed E-state index contributed by atoms with van der Waals surface area (Å²) in [4.78, 5) is 0. The number of hydrogen-bond acceptors (Lipinski definition) is 1. The Labute approximate surface area is 111 Å². The van der Waals surface area contributed by atoms with Crippen LogP contribution in [0.3, 0.4) is 0 Å². The van der Waals surface area contributed by atoms with Gasteiger partial charge < -0.3 is 24.8 Å². The summed E-state index contributed by atoms with van der Waals surface area (Å²) in [6.45, 7) is 0. The molecule has 0 radical (unpaired) electrons. The van der Waals surface area contributed by atoms with E-state index in [0.717, 1.165) is 5.75 Å². The van der Waals surface area contributed by atoms with Crippen molar-refractivity contribution in [3.63, 3.8) is 0 Å². The monoisotopic (exact) mass is 395 g/mol. The summed E-state index contributed by atoms with van der Waals surface area (Å²) < 4.78 is 5.85. The van der Waals surface area contributed by atoms with Crippen LogP contribution in [0.25, 0.3) is 6.08 Å². The normalized spacial score (nSPS) is 16.6. The molecule has 0 aromatic heterocycles. The van der Waals surface area contributed by atoms with Crippen LogP contribution < -0.4 is 29.6 Å². The summed E-state index contributed by atoms with van der Waals surface area (Å²) in [5.74, 6) is 0.953. The maximum absolute atomic E-state index is 5.15. The molecule has 1 aromatic rings. The predicted molar refractivity (Wildman–Crippen MR) is 44.8 cm³/mol. The van der Waals surface area contributed by atoms with Gasteiger partial charge in [0.05, 0.1) is 0 Å². The minimum absolute atomic E-state index is 0. The zero-order chi connectivity index (χ0) is 8.55. The van der Waals surface area contributed by atoms with E-state index in [1.165, 1.54) is 35.5 Å². The fourth-order valence-corrected chi connectivity index (χ4v) is 2.70. The fraction of sp³-hybridized carbons (Fsp3) is 0.200. The Balaban J connectivity index is 0.000000845. The van der Waals surface area contributed by atoms with E-state index in [2.05, 4.69) is 24.3 Å². The van der Waals surface area contributed by atoms with Crippen LogP contribution in [0, 0.1) is 0 Å². The van der Waals surface area contributed by atoms with Crippen LogP contribution in [-0.2, 0) is 24.4 Å². The molecule has 73 valence electrons. The molecular formula is C10H9Cl2HfO. The molecule has 0 bridgehead atoms. The van der Waals surface area contributed by atoms with Gasteiger partial charge >= 0.3 is 87.1 Å². The Morgan fingerprint density at radius 2 is 2.00 bits per heavy atom. The van der Waals surface area contributed by atoms with Gasteiger partial charge in [-0.3, -0.25) is 0 Å². The summed E-state index contributed by atoms with van der Waals surface area (Å²) in [6.07, 6.45) is 4.46. The second kappa shape index (κ2) is 5.94. The van der Waals surface area contributed by atoms with Crippen molar-refractivity contribution in [1.29, 1.82) is 0 Å². The third kappa shape index (κ3) is 2.62. The zero-order valence-corrected chi connectivity index (χ0v) is 12.7. The van der Waals surface area contributed by atoms with Gasteiger partial charge in [0.2, 0.25) is 0 Å². The van der Waals surface area contributed by atoms with Crippen LogP contribution in [-0.4, -0.2) is 7.11 Å². The SMILES string of the molecule is COc1ccc2c(c1)C=C[CH]2[Hf+2].[Cl-].[Cl-]. The van der Waals surface area contributed by atoms with Crippen LogP contribution in [0.15, 0.2) is 24.3 Å². The van der Waals surface area contributed by atoms with Crippen LogP contribution in [0.1, 0.15) is 14.8 Å². The number of methoxy groups -OCH3 is 1. The average Bonchev–Trinajstić information content (AvgIpc) is 2.47. The van der Waals surface area contributed by atoms with Gasteiger partial charge in [-0.05, 0) is 0 Å². The van der Waals surface area contributed by atoms with Crippen LogP contribution in [0.5, 0.6) is 5.75 Å². The van der Waals surface area contributed by atoms with Gasteiger partial charge in [-0.15, -0.1) is 0 Å². The molecule has 0 aliphatic heterocycles. The van der Waals surface area contributed by atoms with Gasteiger partial charge in [0.25, 0.3) is 0 Å². The molecule has 4 heteroatoms. The molecule has 1 unspecified atom stereocenters. The molecule has 1 atom stereocenters. The van der Waals surface area contributed by atoms with Crippen molar-refractivity contribution in [2.45, 2.75) is 3.67 Å². The van der Waals surface area contributed by atoms with E-state index >= 15 is 0 Å². The van der Waals surface area contributed by atoms with Gasteiger partial charge in [-0.1, -0.05) is 0 Å². The minimum atomic E-state index is 0. The summed E-state index contributed by atoms with van der Waals surface area (Å²) in [5, 5.41) is 0. The number of rotatable bonds is 1. The molecule has 1 nitrogen and oxygen atoms in total. The smallest absolute Gasteiger partial charge is 1.00 e. The quantitative estimate of drug-likeness (QED) is 0.446. The number of ether oxygens (including phenoxy) is 1. The van der Waals surface area contributed by atoms with Gasteiger partial charge in [0, 0.05) is 0 Å². The molecule has 0 spiro atoms. The maximum Gasteiger partial charge on any atom is -1.00 e. The standard InChI is InChI=1S/C10H9O.2ClH.Hf/c1-11-10-6-5-8-3-2-4-9(8)7-10;;;/h2-7H,1H3;2*1H;/q;;;+2/p-2. The first-order valence-electron chi connectivity index (χ1n) is 3.88. The molecule has 0 saturated heterocycles. The van der Waals surface area contributed by atoms with Crippen LogP contribution >= 0.6 is 0 Å². The number of hydrogen-bond donors (Lipinski definition) is 0. The Morgan fingerprint density at radius 1 is 1.29 bits per heavy atom. The number of allylic oxidation sites excluding steroid dienone is 1. The van der Waals surface area contributed by atoms with Gasteiger partial charge in [-0.25, -0.2) is 0 Å². The Hall–Kier alpha value is 0.210. The van der Waals surface area contributed by atoms with E-state index in [9.17, 15) is 0 Å². The third-order valence-electron chi connectivity index (χ3n) is 2.10. The maximum atomic E-state index is 5.15. The van der Waals surface area contributed by atoms with Crippen molar-refractivity contribution in [2.24, 2.45) is 0 Å². The number of benzene rings is 1. The summed E-state index contributed by atoms with van der Waals surface area (Å²) >= 11 is 1.20. The van der Waals surface area contributed by atoms with Crippen LogP contribution in [0.2, 0.25) is 0 Å². The largest absolute Gasteiger partial charge is 1.00 e. The zero-order valence-electron chi connectivity index (χ0n) is 7.63. The molecule has 1 aromatic carbocycles. The molecule has 1 aliphatic rings. The second-order valence-electron chi connectivity index (χ2n) is 2.83. The molecule has 0 saturated carbocycles. The summed E-state index contributed by atoms with van der Waals surface area (Å²) in [5.41, 5.74) is 2.79. The first-order valence-corrected chi connectivity index (χ1v) is 5.96. The molecule has 0 fully saturated rings. The van der Waals surface area contributed by atoms with Gasteiger partial charge in [0.15, 0.2) is 0 Å². The van der Waals surface area contributed by atoms with Crippen molar-refractivity contribution in [3.8, 4) is 5.75 Å². The van der Waals surface area contributed by atoms with Crippen molar-refractivity contribution in [2.75, 3.05) is 7.11 Å². The van der Waals surface area contributed by atoms with E-state index in [4.69, 9.17) is 4.74 Å². The summed E-state index contributed by atoms with van der Waals surface area (Å²) in [7, 11) is 1.71. The third-order valence-corrected chi connectivity index (χ3v) is 3.91. The minimum Gasteiger partial charge on any atom is -1.00 e. The molecular weight excluding hydrogens is 386 g/mol. The van der Waals surface area contributed by atoms with Gasteiger partial charge in [0.1, 0.15) is 0 Å². The van der Waals surface area contributed by atoms with Gasteiger partial charge in [-0.2, -0.15) is 0 Å².